The molecule has 0 N–H and O–H groups in total. The lowest BCUT2D eigenvalue weighted by Crippen LogP contribution is -2.01. The minimum Gasteiger partial charge on any atom is -0.422 e. The van der Waals surface area contributed by atoms with Gasteiger partial charge < -0.3 is 4.42 Å². The Hall–Kier alpha value is -2.44. The molecule has 0 saturated heterocycles. The van der Waals surface area contributed by atoms with Crippen molar-refractivity contribution in [3.8, 4) is 11.1 Å². The van der Waals surface area contributed by atoms with E-state index in [0.717, 1.165) is 30.8 Å². The largest absolute Gasteiger partial charge is 0.422 e. The second-order valence-corrected chi connectivity index (χ2v) is 9.21. The lowest BCUT2D eigenvalue weighted by molar-refractivity contribution is 0.569. The van der Waals surface area contributed by atoms with Gasteiger partial charge in [-0.3, -0.25) is 0 Å². The minimum atomic E-state index is -0.297. The summed E-state index contributed by atoms with van der Waals surface area (Å²) in [5, 5.41) is 2.49. The Morgan fingerprint density at radius 1 is 0.733 bits per heavy atom. The van der Waals surface area contributed by atoms with Gasteiger partial charge in [-0.05, 0) is 75.5 Å². The second kappa shape index (κ2) is 8.00. The van der Waals surface area contributed by atoms with E-state index in [-0.39, 0.29) is 5.63 Å². The molecule has 0 unspecified atom stereocenters. The van der Waals surface area contributed by atoms with Gasteiger partial charge in [-0.2, -0.15) is 0 Å². The van der Waals surface area contributed by atoms with E-state index in [1.165, 1.54) is 16.7 Å². The van der Waals surface area contributed by atoms with Crippen molar-refractivity contribution in [2.75, 3.05) is 0 Å². The van der Waals surface area contributed by atoms with Crippen molar-refractivity contribution in [1.29, 1.82) is 0 Å². The van der Waals surface area contributed by atoms with Crippen LogP contribution >= 0.6 is 38.5 Å². The highest BCUT2D eigenvalue weighted by atomic mass is 127. The van der Waals surface area contributed by atoms with Gasteiger partial charge in [0.2, 0.25) is 0 Å². The first-order valence-electron chi connectivity index (χ1n) is 9.58. The maximum Gasteiger partial charge on any atom is 0.344 e. The Kier molecular flexibility index (Phi) is 5.21. The molecule has 0 bridgehead atoms. The molecule has 30 heavy (non-hydrogen) atoms. The van der Waals surface area contributed by atoms with E-state index in [4.69, 9.17) is 4.42 Å². The molecule has 1 aromatic heterocycles. The summed E-state index contributed by atoms with van der Waals surface area (Å²) in [6.45, 7) is 0. The molecule has 0 atom stereocenters. The standard InChI is InChI=1S/C26H16BrIO2/c27-23-11-5-2-8-17(23)13-16-7-1-3-9-18(16)21-14-20-19-10-4-6-12-25(19)30-26(29)22(20)15-24(21)28/h1-12,14-15H,13H2. The molecular formula is C26H16BrIO2. The summed E-state index contributed by atoms with van der Waals surface area (Å²) < 4.78 is 7.67. The first-order valence-corrected chi connectivity index (χ1v) is 11.5. The topological polar surface area (TPSA) is 30.2 Å². The quantitative estimate of drug-likeness (QED) is 0.128. The van der Waals surface area contributed by atoms with Crippen LogP contribution < -0.4 is 5.63 Å². The molecule has 0 saturated carbocycles. The predicted molar refractivity (Wildman–Crippen MR) is 135 cm³/mol. The van der Waals surface area contributed by atoms with Crippen LogP contribution in [0.15, 0.2) is 98.6 Å². The number of benzene rings is 4. The maximum absolute atomic E-state index is 12.6. The molecule has 5 aromatic rings. The minimum absolute atomic E-state index is 0.297. The average Bonchev–Trinajstić information content (AvgIpc) is 2.76. The zero-order valence-electron chi connectivity index (χ0n) is 15.9. The molecule has 0 aliphatic heterocycles. The van der Waals surface area contributed by atoms with Gasteiger partial charge in [-0.25, -0.2) is 4.79 Å². The number of hydrogen-bond acceptors (Lipinski definition) is 2. The average molecular weight is 567 g/mol. The summed E-state index contributed by atoms with van der Waals surface area (Å²) in [6, 6.07) is 28.6. The number of para-hydroxylation sites is 1. The summed E-state index contributed by atoms with van der Waals surface area (Å²) in [6.07, 6.45) is 0.823. The summed E-state index contributed by atoms with van der Waals surface area (Å²) in [5.74, 6) is 0. The predicted octanol–water partition coefficient (Wildman–Crippen LogP) is 7.57. The van der Waals surface area contributed by atoms with Crippen LogP contribution in [0.25, 0.3) is 32.9 Å². The van der Waals surface area contributed by atoms with Gasteiger partial charge in [0.1, 0.15) is 5.58 Å². The fourth-order valence-electron chi connectivity index (χ4n) is 3.89. The Balaban J connectivity index is 1.74. The fourth-order valence-corrected chi connectivity index (χ4v) is 5.07. The van der Waals surface area contributed by atoms with Crippen molar-refractivity contribution in [1.82, 2.24) is 0 Å². The zero-order chi connectivity index (χ0) is 20.7. The number of hydrogen-bond donors (Lipinski definition) is 0. The monoisotopic (exact) mass is 566 g/mol. The van der Waals surface area contributed by atoms with Crippen LogP contribution in [0.3, 0.4) is 0 Å². The van der Waals surface area contributed by atoms with E-state index in [1.54, 1.807) is 0 Å². The third-order valence-corrected chi connectivity index (χ3v) is 7.02. The molecule has 0 fully saturated rings. The van der Waals surface area contributed by atoms with Gasteiger partial charge in [0.25, 0.3) is 0 Å². The summed E-state index contributed by atoms with van der Waals surface area (Å²) >= 11 is 5.99. The molecular weight excluding hydrogens is 551 g/mol. The van der Waals surface area contributed by atoms with Crippen LogP contribution in [0, 0.1) is 3.57 Å². The maximum atomic E-state index is 12.6. The second-order valence-electron chi connectivity index (χ2n) is 7.19. The van der Waals surface area contributed by atoms with Crippen molar-refractivity contribution in [3.05, 3.63) is 115 Å². The summed E-state index contributed by atoms with van der Waals surface area (Å²) in [7, 11) is 0. The smallest absolute Gasteiger partial charge is 0.344 e. The molecule has 0 spiro atoms. The lowest BCUT2D eigenvalue weighted by atomic mass is 9.93. The lowest BCUT2D eigenvalue weighted by Gasteiger charge is -2.14. The van der Waals surface area contributed by atoms with Gasteiger partial charge in [-0.1, -0.05) is 76.6 Å². The van der Waals surface area contributed by atoms with Crippen molar-refractivity contribution >= 4 is 60.3 Å². The molecule has 0 amide bonds. The fraction of sp³-hybridized carbons (Fsp3) is 0.0385. The van der Waals surface area contributed by atoms with Gasteiger partial charge in [0.15, 0.2) is 0 Å². The molecule has 2 nitrogen and oxygen atoms in total. The number of rotatable bonds is 3. The molecule has 0 aliphatic carbocycles. The van der Waals surface area contributed by atoms with Gasteiger partial charge in [-0.15, -0.1) is 0 Å². The molecule has 146 valence electrons. The molecule has 5 rings (SSSR count). The highest BCUT2D eigenvalue weighted by Gasteiger charge is 2.14. The van der Waals surface area contributed by atoms with E-state index in [9.17, 15) is 4.79 Å². The van der Waals surface area contributed by atoms with Crippen LogP contribution in [0.4, 0.5) is 0 Å². The van der Waals surface area contributed by atoms with Crippen molar-refractivity contribution < 1.29 is 4.42 Å². The molecule has 4 heteroatoms. The van der Waals surface area contributed by atoms with E-state index in [2.05, 4.69) is 87.1 Å². The van der Waals surface area contributed by atoms with E-state index >= 15 is 0 Å². The third kappa shape index (κ3) is 3.48. The first kappa shape index (κ1) is 19.5. The van der Waals surface area contributed by atoms with Crippen molar-refractivity contribution in [2.45, 2.75) is 6.42 Å². The molecule has 4 aromatic carbocycles. The molecule has 0 radical (unpaired) electrons. The molecule has 1 heterocycles. The Labute approximate surface area is 195 Å². The van der Waals surface area contributed by atoms with Crippen LogP contribution in [-0.2, 0) is 6.42 Å². The highest BCUT2D eigenvalue weighted by Crippen LogP contribution is 2.35. The van der Waals surface area contributed by atoms with Crippen molar-refractivity contribution in [3.63, 3.8) is 0 Å². The summed E-state index contributed by atoms with van der Waals surface area (Å²) in [5.41, 5.74) is 5.11. The van der Waals surface area contributed by atoms with E-state index < -0.39 is 0 Å². The van der Waals surface area contributed by atoms with Crippen LogP contribution in [-0.4, -0.2) is 0 Å². The third-order valence-electron chi connectivity index (χ3n) is 5.35. The van der Waals surface area contributed by atoms with Crippen molar-refractivity contribution in [2.24, 2.45) is 0 Å². The number of fused-ring (bicyclic) bond motifs is 3. The van der Waals surface area contributed by atoms with E-state index in [0.29, 0.717) is 11.0 Å². The SMILES string of the molecule is O=c1oc2ccccc2c2cc(-c3ccccc3Cc3ccccc3Br)c(I)cc12. The van der Waals surface area contributed by atoms with Crippen LogP contribution in [0.1, 0.15) is 11.1 Å². The van der Waals surface area contributed by atoms with Gasteiger partial charge >= 0.3 is 5.63 Å². The Morgan fingerprint density at radius 3 is 2.27 bits per heavy atom. The summed E-state index contributed by atoms with van der Waals surface area (Å²) in [4.78, 5) is 12.6. The normalized spacial score (nSPS) is 11.3. The van der Waals surface area contributed by atoms with Gasteiger partial charge in [0.05, 0.1) is 5.39 Å². The zero-order valence-corrected chi connectivity index (χ0v) is 19.6. The Bertz CT molecular complexity index is 1470. The van der Waals surface area contributed by atoms with E-state index in [1.807, 2.05) is 36.4 Å². The van der Waals surface area contributed by atoms with Crippen LogP contribution in [0.2, 0.25) is 0 Å². The Morgan fingerprint density at radius 2 is 1.43 bits per heavy atom. The van der Waals surface area contributed by atoms with Gasteiger partial charge in [0, 0.05) is 18.8 Å². The highest BCUT2D eigenvalue weighted by molar-refractivity contribution is 14.1. The number of halogens is 2. The van der Waals surface area contributed by atoms with Crippen LogP contribution in [0.5, 0.6) is 0 Å². The first-order chi connectivity index (χ1) is 14.6. The molecule has 0 aliphatic rings.